The Morgan fingerprint density at radius 3 is 2.41 bits per heavy atom. The highest BCUT2D eigenvalue weighted by molar-refractivity contribution is 6.30. The van der Waals surface area contributed by atoms with Gasteiger partial charge in [0.05, 0.1) is 6.42 Å². The Morgan fingerprint density at radius 2 is 1.70 bits per heavy atom. The van der Waals surface area contributed by atoms with Gasteiger partial charge >= 0.3 is 12.1 Å². The van der Waals surface area contributed by atoms with E-state index >= 15 is 0 Å². The second-order valence-electron chi connectivity index (χ2n) is 8.95. The normalized spacial score (nSPS) is 11.6. The first-order chi connectivity index (χ1) is 17.8. The number of carboxylic acid groups (broad SMARTS) is 1. The van der Waals surface area contributed by atoms with E-state index in [1.807, 2.05) is 54.6 Å². The smallest absolute Gasteiger partial charge is 0.410 e. The Balaban J connectivity index is 1.44. The van der Waals surface area contributed by atoms with Gasteiger partial charge < -0.3 is 20.5 Å². The molecule has 0 unspecified atom stereocenters. The van der Waals surface area contributed by atoms with Gasteiger partial charge in [0, 0.05) is 29.7 Å². The van der Waals surface area contributed by atoms with Crippen LogP contribution in [0.15, 0.2) is 72.8 Å². The SMILES string of the molecule is N[C@@H](CCCCN(CCC(=O)O)C(=O)OCc1ccccc1)Cc1ccc(-c2cc(Cl)ccc2F)cc1. The molecule has 0 spiro atoms. The van der Waals surface area contributed by atoms with Gasteiger partial charge in [-0.3, -0.25) is 4.79 Å². The zero-order valence-corrected chi connectivity index (χ0v) is 21.4. The second kappa shape index (κ2) is 14.4. The molecule has 0 aromatic heterocycles. The number of ether oxygens (including phenoxy) is 1. The van der Waals surface area contributed by atoms with E-state index in [2.05, 4.69) is 0 Å². The number of hydrogen-bond donors (Lipinski definition) is 2. The van der Waals surface area contributed by atoms with Crippen LogP contribution in [0.25, 0.3) is 11.1 Å². The van der Waals surface area contributed by atoms with Crippen molar-refractivity contribution in [2.45, 2.75) is 44.8 Å². The van der Waals surface area contributed by atoms with Gasteiger partial charge in [-0.15, -0.1) is 0 Å². The Morgan fingerprint density at radius 1 is 0.973 bits per heavy atom. The van der Waals surface area contributed by atoms with Crippen LogP contribution in [0.5, 0.6) is 0 Å². The van der Waals surface area contributed by atoms with E-state index in [0.29, 0.717) is 30.0 Å². The molecule has 37 heavy (non-hydrogen) atoms. The summed E-state index contributed by atoms with van der Waals surface area (Å²) in [7, 11) is 0. The van der Waals surface area contributed by atoms with Gasteiger partial charge in [0.25, 0.3) is 0 Å². The van der Waals surface area contributed by atoms with Gasteiger partial charge in [-0.2, -0.15) is 0 Å². The highest BCUT2D eigenvalue weighted by Gasteiger charge is 2.16. The van der Waals surface area contributed by atoms with Crippen molar-refractivity contribution in [1.29, 1.82) is 0 Å². The monoisotopic (exact) mass is 526 g/mol. The number of unbranched alkanes of at least 4 members (excludes halogenated alkanes) is 1. The van der Waals surface area contributed by atoms with Gasteiger partial charge in [-0.25, -0.2) is 9.18 Å². The number of carbonyl (C=O) groups is 2. The fourth-order valence-electron chi connectivity index (χ4n) is 3.99. The minimum atomic E-state index is -0.966. The molecule has 0 bridgehead atoms. The van der Waals surface area contributed by atoms with E-state index in [4.69, 9.17) is 27.2 Å². The van der Waals surface area contributed by atoms with Crippen molar-refractivity contribution in [2.75, 3.05) is 13.1 Å². The first-order valence-corrected chi connectivity index (χ1v) is 12.7. The molecule has 0 fully saturated rings. The molecule has 0 radical (unpaired) electrons. The third-order valence-electron chi connectivity index (χ3n) is 6.00. The van der Waals surface area contributed by atoms with Crippen LogP contribution in [0.2, 0.25) is 5.02 Å². The molecular weight excluding hydrogens is 495 g/mol. The van der Waals surface area contributed by atoms with Crippen molar-refractivity contribution in [2.24, 2.45) is 5.73 Å². The van der Waals surface area contributed by atoms with Crippen LogP contribution in [0.4, 0.5) is 9.18 Å². The molecule has 6 nitrogen and oxygen atoms in total. The van der Waals surface area contributed by atoms with Gasteiger partial charge in [0.1, 0.15) is 12.4 Å². The highest BCUT2D eigenvalue weighted by Crippen LogP contribution is 2.26. The minimum absolute atomic E-state index is 0.0775. The second-order valence-corrected chi connectivity index (χ2v) is 9.39. The number of rotatable bonds is 13. The quantitative estimate of drug-likeness (QED) is 0.255. The Kier molecular flexibility index (Phi) is 10.9. The lowest BCUT2D eigenvalue weighted by atomic mass is 9.98. The van der Waals surface area contributed by atoms with Crippen molar-refractivity contribution in [3.63, 3.8) is 0 Å². The van der Waals surface area contributed by atoms with Gasteiger partial charge in [-0.1, -0.05) is 72.6 Å². The zero-order valence-electron chi connectivity index (χ0n) is 20.6. The van der Waals surface area contributed by atoms with E-state index in [1.165, 1.54) is 17.0 Å². The van der Waals surface area contributed by atoms with Crippen LogP contribution in [0.3, 0.4) is 0 Å². The maximum Gasteiger partial charge on any atom is 0.410 e. The fraction of sp³-hybridized carbons (Fsp3) is 0.310. The largest absolute Gasteiger partial charge is 0.481 e. The number of amides is 1. The Bertz CT molecular complexity index is 1160. The van der Waals surface area contributed by atoms with Crippen molar-refractivity contribution < 1.29 is 23.8 Å². The average molecular weight is 527 g/mol. The van der Waals surface area contributed by atoms with E-state index < -0.39 is 12.1 Å². The van der Waals surface area contributed by atoms with E-state index in [9.17, 15) is 14.0 Å². The molecule has 3 N–H and O–H groups in total. The third kappa shape index (κ3) is 9.52. The van der Waals surface area contributed by atoms with Crippen molar-refractivity contribution in [1.82, 2.24) is 4.90 Å². The molecule has 0 saturated carbocycles. The number of hydrogen-bond acceptors (Lipinski definition) is 4. The predicted molar refractivity (Wildman–Crippen MR) is 143 cm³/mol. The lowest BCUT2D eigenvalue weighted by Gasteiger charge is -2.22. The van der Waals surface area contributed by atoms with Crippen LogP contribution < -0.4 is 5.73 Å². The minimum Gasteiger partial charge on any atom is -0.481 e. The summed E-state index contributed by atoms with van der Waals surface area (Å²) in [4.78, 5) is 25.0. The number of nitrogens with zero attached hydrogens (tertiary/aromatic N) is 1. The van der Waals surface area contributed by atoms with Crippen molar-refractivity contribution >= 4 is 23.7 Å². The number of carboxylic acids is 1. The summed E-state index contributed by atoms with van der Waals surface area (Å²) in [5.74, 6) is -1.29. The van der Waals surface area contributed by atoms with Crippen LogP contribution in [0, 0.1) is 5.82 Å². The lowest BCUT2D eigenvalue weighted by Crippen LogP contribution is -2.34. The van der Waals surface area contributed by atoms with Crippen LogP contribution in [0.1, 0.15) is 36.8 Å². The summed E-state index contributed by atoms with van der Waals surface area (Å²) in [5, 5.41) is 9.50. The molecular formula is C29H32ClFN2O4. The van der Waals surface area contributed by atoms with E-state index in [-0.39, 0.29) is 31.4 Å². The average Bonchev–Trinajstić information content (AvgIpc) is 2.89. The summed E-state index contributed by atoms with van der Waals surface area (Å²) < 4.78 is 19.5. The van der Waals surface area contributed by atoms with E-state index in [1.54, 1.807) is 6.07 Å². The molecule has 0 saturated heterocycles. The molecule has 0 aliphatic rings. The number of nitrogens with two attached hydrogens (primary N) is 1. The van der Waals surface area contributed by atoms with Gasteiger partial charge in [0.2, 0.25) is 0 Å². The molecule has 3 rings (SSSR count). The Labute approximate surface area is 221 Å². The predicted octanol–water partition coefficient (Wildman–Crippen LogP) is 6.30. The molecule has 196 valence electrons. The first kappa shape index (κ1) is 28.2. The van der Waals surface area contributed by atoms with Crippen molar-refractivity contribution in [3.8, 4) is 11.1 Å². The van der Waals surface area contributed by atoms with Crippen LogP contribution in [-0.4, -0.2) is 41.2 Å². The molecule has 1 atom stereocenters. The topological polar surface area (TPSA) is 92.9 Å². The molecule has 0 aliphatic heterocycles. The number of aliphatic carboxylic acids is 1. The highest BCUT2D eigenvalue weighted by atomic mass is 35.5. The van der Waals surface area contributed by atoms with E-state index in [0.717, 1.165) is 29.5 Å². The maximum absolute atomic E-state index is 14.1. The summed E-state index contributed by atoms with van der Waals surface area (Å²) in [6.07, 6.45) is 2.21. The summed E-state index contributed by atoms with van der Waals surface area (Å²) >= 11 is 6.00. The van der Waals surface area contributed by atoms with Crippen molar-refractivity contribution in [3.05, 3.63) is 94.8 Å². The molecule has 1 amide bonds. The zero-order chi connectivity index (χ0) is 26.6. The van der Waals surface area contributed by atoms with Crippen LogP contribution in [-0.2, 0) is 22.6 Å². The third-order valence-corrected chi connectivity index (χ3v) is 6.24. The maximum atomic E-state index is 14.1. The molecule has 3 aromatic rings. The van der Waals surface area contributed by atoms with Gasteiger partial charge in [-0.05, 0) is 54.2 Å². The lowest BCUT2D eigenvalue weighted by molar-refractivity contribution is -0.137. The molecule has 3 aromatic carbocycles. The Hall–Kier alpha value is -3.42. The standard InChI is InChI=1S/C29H32ClFN2O4/c30-24-13-14-27(31)26(19-24)23-11-9-21(10-12-23)18-25(32)8-4-5-16-33(17-15-28(34)35)29(36)37-20-22-6-2-1-3-7-22/h1-3,6-7,9-14,19,25H,4-5,8,15-18,20,32H2,(H,34,35)/t25-/m0/s1. The number of benzene rings is 3. The number of halogens is 2. The summed E-state index contributed by atoms with van der Waals surface area (Å²) in [6, 6.07) is 21.3. The first-order valence-electron chi connectivity index (χ1n) is 12.3. The molecule has 0 heterocycles. The van der Waals surface area contributed by atoms with Gasteiger partial charge in [0.15, 0.2) is 0 Å². The molecule has 0 aliphatic carbocycles. The summed E-state index contributed by atoms with van der Waals surface area (Å²) in [6.45, 7) is 0.624. The molecule has 8 heteroatoms. The fourth-order valence-corrected chi connectivity index (χ4v) is 4.16. The van der Waals surface area contributed by atoms with Crippen LogP contribution >= 0.6 is 11.6 Å². The number of carbonyl (C=O) groups excluding carboxylic acids is 1. The summed E-state index contributed by atoms with van der Waals surface area (Å²) in [5.41, 5.74) is 9.44.